The molecule has 6 heteroatoms. The molecule has 4 nitrogen and oxygen atoms in total. The molecule has 0 amide bonds. The Kier molecular flexibility index (Phi) is 2.85. The molecule has 0 saturated carbocycles. The maximum atomic E-state index is 12.8. The Bertz CT molecular complexity index is 630. The van der Waals surface area contributed by atoms with Gasteiger partial charge in [0, 0.05) is 17.1 Å². The third kappa shape index (κ3) is 2.28. The van der Waals surface area contributed by atoms with Crippen molar-refractivity contribution in [2.75, 3.05) is 0 Å². The second-order valence-electron chi connectivity index (χ2n) is 3.75. The molecule has 90 valence electrons. The number of hydrogen-bond acceptors (Lipinski definition) is 4. The van der Waals surface area contributed by atoms with E-state index in [0.717, 1.165) is 16.3 Å². The smallest absolute Gasteiger partial charge is 0.123 e. The number of aromatic nitrogens is 4. The maximum Gasteiger partial charge on any atom is 0.123 e. The zero-order chi connectivity index (χ0) is 12.4. The van der Waals surface area contributed by atoms with E-state index < -0.39 is 0 Å². The second-order valence-corrected chi connectivity index (χ2v) is 4.61. The van der Waals surface area contributed by atoms with Crippen LogP contribution in [0.2, 0.25) is 0 Å². The molecule has 2 aromatic heterocycles. The standard InChI is InChI=1S/C12H9FN4S/c13-10-3-1-9(2-4-10)12-15-11(8-18-12)7-17-6-5-14-16-17/h1-6,8H,7H2. The van der Waals surface area contributed by atoms with Crippen molar-refractivity contribution in [3.05, 3.63) is 53.6 Å². The average Bonchev–Trinajstić information content (AvgIpc) is 3.02. The maximum absolute atomic E-state index is 12.8. The fourth-order valence-corrected chi connectivity index (χ4v) is 2.40. The SMILES string of the molecule is Fc1ccc(-c2nc(Cn3ccnn3)cs2)cc1. The van der Waals surface area contributed by atoms with E-state index >= 15 is 0 Å². The minimum Gasteiger partial charge on any atom is -0.247 e. The summed E-state index contributed by atoms with van der Waals surface area (Å²) >= 11 is 1.54. The Morgan fingerprint density at radius 3 is 2.78 bits per heavy atom. The van der Waals surface area contributed by atoms with Crippen LogP contribution in [0, 0.1) is 5.82 Å². The van der Waals surface area contributed by atoms with Crippen molar-refractivity contribution >= 4 is 11.3 Å². The summed E-state index contributed by atoms with van der Waals surface area (Å²) in [4.78, 5) is 4.49. The number of hydrogen-bond donors (Lipinski definition) is 0. The van der Waals surface area contributed by atoms with E-state index in [1.54, 1.807) is 29.2 Å². The molecule has 0 bridgehead atoms. The predicted octanol–water partition coefficient (Wildman–Crippen LogP) is 2.59. The van der Waals surface area contributed by atoms with E-state index in [4.69, 9.17) is 0 Å². The molecule has 0 saturated heterocycles. The van der Waals surface area contributed by atoms with E-state index in [1.807, 2.05) is 5.38 Å². The minimum atomic E-state index is -0.238. The number of rotatable bonds is 3. The topological polar surface area (TPSA) is 43.6 Å². The van der Waals surface area contributed by atoms with Crippen molar-refractivity contribution in [3.63, 3.8) is 0 Å². The molecule has 3 aromatic rings. The molecule has 2 heterocycles. The van der Waals surface area contributed by atoms with Gasteiger partial charge in [-0.15, -0.1) is 16.4 Å². The fourth-order valence-electron chi connectivity index (χ4n) is 1.59. The van der Waals surface area contributed by atoms with Crippen LogP contribution in [0.4, 0.5) is 4.39 Å². The van der Waals surface area contributed by atoms with Crippen LogP contribution in [0.15, 0.2) is 42.0 Å². The van der Waals surface area contributed by atoms with Crippen molar-refractivity contribution in [2.45, 2.75) is 6.54 Å². The monoisotopic (exact) mass is 260 g/mol. The van der Waals surface area contributed by atoms with Gasteiger partial charge in [0.05, 0.1) is 18.4 Å². The van der Waals surface area contributed by atoms with Crippen molar-refractivity contribution in [1.82, 2.24) is 20.0 Å². The van der Waals surface area contributed by atoms with Gasteiger partial charge in [-0.1, -0.05) is 5.21 Å². The number of thiazole rings is 1. The van der Waals surface area contributed by atoms with Crippen LogP contribution in [0.3, 0.4) is 0 Å². The van der Waals surface area contributed by atoms with E-state index in [2.05, 4.69) is 15.3 Å². The summed E-state index contributed by atoms with van der Waals surface area (Å²) in [7, 11) is 0. The zero-order valence-corrected chi connectivity index (χ0v) is 10.1. The van der Waals surface area contributed by atoms with Crippen LogP contribution in [0.5, 0.6) is 0 Å². The van der Waals surface area contributed by atoms with E-state index in [-0.39, 0.29) is 5.82 Å². The average molecular weight is 260 g/mol. The molecule has 0 unspecified atom stereocenters. The van der Waals surface area contributed by atoms with Crippen LogP contribution in [0.25, 0.3) is 10.6 Å². The first-order chi connectivity index (χ1) is 8.81. The highest BCUT2D eigenvalue weighted by Gasteiger charge is 2.05. The lowest BCUT2D eigenvalue weighted by Crippen LogP contribution is -2.00. The molecule has 0 atom stereocenters. The summed E-state index contributed by atoms with van der Waals surface area (Å²) in [5, 5.41) is 10.5. The highest BCUT2D eigenvalue weighted by atomic mass is 32.1. The van der Waals surface area contributed by atoms with Gasteiger partial charge in [-0.3, -0.25) is 0 Å². The Morgan fingerprint density at radius 2 is 2.06 bits per heavy atom. The number of benzene rings is 1. The molecular weight excluding hydrogens is 251 g/mol. The molecule has 0 aliphatic heterocycles. The van der Waals surface area contributed by atoms with Gasteiger partial charge in [0.25, 0.3) is 0 Å². The van der Waals surface area contributed by atoms with E-state index in [1.165, 1.54) is 23.5 Å². The van der Waals surface area contributed by atoms with Gasteiger partial charge in [-0.25, -0.2) is 14.1 Å². The first kappa shape index (κ1) is 11.0. The molecule has 18 heavy (non-hydrogen) atoms. The summed E-state index contributed by atoms with van der Waals surface area (Å²) in [6.07, 6.45) is 3.42. The summed E-state index contributed by atoms with van der Waals surface area (Å²) < 4.78 is 14.5. The lowest BCUT2D eigenvalue weighted by atomic mass is 10.2. The van der Waals surface area contributed by atoms with Gasteiger partial charge in [-0.05, 0) is 24.3 Å². The molecule has 0 spiro atoms. The van der Waals surface area contributed by atoms with Gasteiger partial charge in [0.15, 0.2) is 0 Å². The van der Waals surface area contributed by atoms with Crippen molar-refractivity contribution in [1.29, 1.82) is 0 Å². The van der Waals surface area contributed by atoms with Gasteiger partial charge >= 0.3 is 0 Å². The molecular formula is C12H9FN4S. The van der Waals surface area contributed by atoms with Crippen LogP contribution in [-0.4, -0.2) is 20.0 Å². The van der Waals surface area contributed by atoms with E-state index in [9.17, 15) is 4.39 Å². The van der Waals surface area contributed by atoms with Gasteiger partial charge in [-0.2, -0.15) is 0 Å². The molecule has 0 radical (unpaired) electrons. The second kappa shape index (κ2) is 4.66. The highest BCUT2D eigenvalue weighted by molar-refractivity contribution is 7.13. The van der Waals surface area contributed by atoms with Crippen molar-refractivity contribution in [3.8, 4) is 10.6 Å². The van der Waals surface area contributed by atoms with Crippen LogP contribution in [-0.2, 0) is 6.54 Å². The lowest BCUT2D eigenvalue weighted by molar-refractivity contribution is 0.628. The molecule has 3 rings (SSSR count). The molecule has 0 N–H and O–H groups in total. The fraction of sp³-hybridized carbons (Fsp3) is 0.0833. The number of halogens is 1. The quantitative estimate of drug-likeness (QED) is 0.727. The number of nitrogens with zero attached hydrogens (tertiary/aromatic N) is 4. The summed E-state index contributed by atoms with van der Waals surface area (Å²) in [5.41, 5.74) is 1.84. The van der Waals surface area contributed by atoms with Gasteiger partial charge in [0.1, 0.15) is 10.8 Å². The van der Waals surface area contributed by atoms with Crippen molar-refractivity contribution in [2.24, 2.45) is 0 Å². The minimum absolute atomic E-state index is 0.238. The Morgan fingerprint density at radius 1 is 1.22 bits per heavy atom. The summed E-state index contributed by atoms with van der Waals surface area (Å²) in [6.45, 7) is 0.595. The predicted molar refractivity (Wildman–Crippen MR) is 66.6 cm³/mol. The first-order valence-corrected chi connectivity index (χ1v) is 6.24. The summed E-state index contributed by atoms with van der Waals surface area (Å²) in [6, 6.07) is 6.34. The van der Waals surface area contributed by atoms with Gasteiger partial charge in [0.2, 0.25) is 0 Å². The van der Waals surface area contributed by atoms with E-state index in [0.29, 0.717) is 6.54 Å². The van der Waals surface area contributed by atoms with Crippen LogP contribution < -0.4 is 0 Å². The van der Waals surface area contributed by atoms with Crippen molar-refractivity contribution < 1.29 is 4.39 Å². The van der Waals surface area contributed by atoms with Crippen LogP contribution >= 0.6 is 11.3 Å². The Hall–Kier alpha value is -2.08. The molecule has 0 fully saturated rings. The molecule has 0 aliphatic carbocycles. The van der Waals surface area contributed by atoms with Gasteiger partial charge < -0.3 is 0 Å². The highest BCUT2D eigenvalue weighted by Crippen LogP contribution is 2.24. The largest absolute Gasteiger partial charge is 0.247 e. The Labute approximate surface area is 107 Å². The molecule has 0 aliphatic rings. The lowest BCUT2D eigenvalue weighted by Gasteiger charge is -1.96. The normalized spacial score (nSPS) is 10.7. The van der Waals surface area contributed by atoms with Crippen LogP contribution in [0.1, 0.15) is 5.69 Å². The zero-order valence-electron chi connectivity index (χ0n) is 9.32. The summed E-state index contributed by atoms with van der Waals surface area (Å²) in [5.74, 6) is -0.238. The molecule has 1 aromatic carbocycles. The first-order valence-electron chi connectivity index (χ1n) is 5.36. The Balaban J connectivity index is 1.83. The third-order valence-corrected chi connectivity index (χ3v) is 3.38. The third-order valence-electron chi connectivity index (χ3n) is 2.44.